The van der Waals surface area contributed by atoms with Crippen molar-refractivity contribution >= 4 is 28.5 Å². The number of pyridine rings is 1. The summed E-state index contributed by atoms with van der Waals surface area (Å²) in [5, 5.41) is 2.75. The summed E-state index contributed by atoms with van der Waals surface area (Å²) in [5.41, 5.74) is 2.25. The molecule has 0 unspecified atom stereocenters. The first kappa shape index (κ1) is 14.1. The molecule has 0 saturated carbocycles. The van der Waals surface area contributed by atoms with Gasteiger partial charge in [-0.25, -0.2) is 9.97 Å². The maximum Gasteiger partial charge on any atom is 0.258 e. The molecule has 0 bridgehead atoms. The van der Waals surface area contributed by atoms with Crippen LogP contribution in [0.2, 0.25) is 0 Å². The molecule has 3 aromatic heterocycles. The summed E-state index contributed by atoms with van der Waals surface area (Å²) in [4.78, 5) is 25.1. The van der Waals surface area contributed by atoms with Crippen LogP contribution in [0.25, 0.3) is 16.8 Å². The highest BCUT2D eigenvalue weighted by molar-refractivity contribution is 6.03. The molecule has 1 aromatic carbocycles. The van der Waals surface area contributed by atoms with Gasteiger partial charge in [-0.05, 0) is 24.3 Å². The second-order valence-electron chi connectivity index (χ2n) is 5.13. The second-order valence-corrected chi connectivity index (χ2v) is 5.13. The number of benzene rings is 1. The molecule has 0 radical (unpaired) electrons. The van der Waals surface area contributed by atoms with Crippen LogP contribution in [0.15, 0.2) is 54.9 Å². The highest BCUT2D eigenvalue weighted by atomic mass is 16.5. The van der Waals surface area contributed by atoms with Crippen molar-refractivity contribution in [2.75, 3.05) is 12.4 Å². The molecule has 4 aromatic rings. The van der Waals surface area contributed by atoms with Crippen molar-refractivity contribution in [2.24, 2.45) is 0 Å². The molecule has 1 N–H and O–H groups in total. The molecule has 7 heteroatoms. The Bertz CT molecular complexity index is 1040. The van der Waals surface area contributed by atoms with Crippen LogP contribution in [-0.4, -0.2) is 32.4 Å². The number of methoxy groups -OCH3 is 1. The number of anilines is 1. The molecule has 3 heterocycles. The van der Waals surface area contributed by atoms with Crippen LogP contribution in [0.1, 0.15) is 10.4 Å². The third-order valence-electron chi connectivity index (χ3n) is 3.63. The van der Waals surface area contributed by atoms with E-state index in [1.54, 1.807) is 18.2 Å². The van der Waals surface area contributed by atoms with Gasteiger partial charge in [0.2, 0.25) is 11.7 Å². The van der Waals surface area contributed by atoms with Gasteiger partial charge in [-0.3, -0.25) is 9.20 Å². The van der Waals surface area contributed by atoms with Gasteiger partial charge in [0.05, 0.1) is 23.7 Å². The lowest BCUT2D eigenvalue weighted by Crippen LogP contribution is -2.13. The molecule has 0 aliphatic carbocycles. The molecule has 1 amide bonds. The largest absolute Gasteiger partial charge is 0.481 e. The second kappa shape index (κ2) is 5.62. The van der Waals surface area contributed by atoms with E-state index in [0.717, 1.165) is 11.0 Å². The van der Waals surface area contributed by atoms with Crippen molar-refractivity contribution in [3.05, 3.63) is 60.4 Å². The zero-order valence-corrected chi connectivity index (χ0v) is 12.8. The van der Waals surface area contributed by atoms with E-state index in [4.69, 9.17) is 4.74 Å². The number of aromatic nitrogens is 4. The summed E-state index contributed by atoms with van der Waals surface area (Å²) in [6.45, 7) is 0. The van der Waals surface area contributed by atoms with E-state index >= 15 is 0 Å². The molecule has 0 aliphatic rings. The van der Waals surface area contributed by atoms with E-state index in [1.807, 2.05) is 34.9 Å². The summed E-state index contributed by atoms with van der Waals surface area (Å²) in [6.07, 6.45) is 3.29. The fraction of sp³-hybridized carbons (Fsp3) is 0.0588. The van der Waals surface area contributed by atoms with E-state index in [2.05, 4.69) is 20.3 Å². The van der Waals surface area contributed by atoms with E-state index < -0.39 is 0 Å². The smallest absolute Gasteiger partial charge is 0.258 e. The Morgan fingerprint density at radius 1 is 1.12 bits per heavy atom. The van der Waals surface area contributed by atoms with E-state index in [-0.39, 0.29) is 5.91 Å². The number of carbonyl (C=O) groups is 1. The minimum Gasteiger partial charge on any atom is -0.481 e. The van der Waals surface area contributed by atoms with Crippen LogP contribution >= 0.6 is 0 Å². The van der Waals surface area contributed by atoms with Gasteiger partial charge in [0.25, 0.3) is 5.91 Å². The average molecular weight is 319 g/mol. The zero-order chi connectivity index (χ0) is 16.5. The van der Waals surface area contributed by atoms with Crippen LogP contribution in [-0.2, 0) is 0 Å². The first-order chi connectivity index (χ1) is 11.7. The van der Waals surface area contributed by atoms with Gasteiger partial charge in [0, 0.05) is 18.5 Å². The predicted octanol–water partition coefficient (Wildman–Crippen LogP) is 2.54. The number of ether oxygens (including phenoxy) is 1. The van der Waals surface area contributed by atoms with Gasteiger partial charge in [-0.15, -0.1) is 0 Å². The Hall–Kier alpha value is -3.48. The summed E-state index contributed by atoms with van der Waals surface area (Å²) in [7, 11) is 1.52. The van der Waals surface area contributed by atoms with Crippen molar-refractivity contribution in [1.82, 2.24) is 19.4 Å². The molecular weight excluding hydrogens is 306 g/mol. The number of nitrogens with one attached hydrogen (secondary N) is 1. The maximum absolute atomic E-state index is 12.3. The molecule has 0 aliphatic heterocycles. The molecular formula is C17H13N5O2. The predicted molar refractivity (Wildman–Crippen MR) is 89.2 cm³/mol. The summed E-state index contributed by atoms with van der Waals surface area (Å²) >= 11 is 0. The maximum atomic E-state index is 12.3. The van der Waals surface area contributed by atoms with Crippen molar-refractivity contribution in [3.63, 3.8) is 0 Å². The Morgan fingerprint density at radius 2 is 2.00 bits per heavy atom. The van der Waals surface area contributed by atoms with Crippen molar-refractivity contribution in [3.8, 4) is 5.88 Å². The van der Waals surface area contributed by atoms with Gasteiger partial charge in [0.1, 0.15) is 5.82 Å². The third-order valence-corrected chi connectivity index (χ3v) is 3.63. The first-order valence-electron chi connectivity index (χ1n) is 7.30. The standard InChI is InChI=1S/C17H13N5O2/c1-24-15-7-6-11(10-18-15)16(23)20-14-8-9-22-13-5-3-2-4-12(13)19-17(22)21-14/h2-10H,1H3,(H,19,20,21,23). The Balaban J connectivity index is 1.63. The van der Waals surface area contributed by atoms with Crippen LogP contribution in [0.4, 0.5) is 5.82 Å². The quantitative estimate of drug-likeness (QED) is 0.627. The lowest BCUT2D eigenvalue weighted by Gasteiger charge is -2.05. The lowest BCUT2D eigenvalue weighted by atomic mass is 10.2. The first-order valence-corrected chi connectivity index (χ1v) is 7.30. The normalized spacial score (nSPS) is 10.9. The molecule has 0 saturated heterocycles. The van der Waals surface area contributed by atoms with Crippen LogP contribution in [0.3, 0.4) is 0 Å². The van der Waals surface area contributed by atoms with Crippen molar-refractivity contribution in [2.45, 2.75) is 0 Å². The number of hydrogen-bond donors (Lipinski definition) is 1. The molecule has 0 atom stereocenters. The number of hydrogen-bond acceptors (Lipinski definition) is 5. The van der Waals surface area contributed by atoms with Crippen LogP contribution in [0.5, 0.6) is 5.88 Å². The van der Waals surface area contributed by atoms with Gasteiger partial charge in [-0.2, -0.15) is 4.98 Å². The lowest BCUT2D eigenvalue weighted by molar-refractivity contribution is 0.102. The highest BCUT2D eigenvalue weighted by Crippen LogP contribution is 2.17. The number of imidazole rings is 1. The van der Waals surface area contributed by atoms with Crippen LogP contribution in [0, 0.1) is 0 Å². The Morgan fingerprint density at radius 3 is 2.79 bits per heavy atom. The molecule has 4 rings (SSSR count). The number of fused-ring (bicyclic) bond motifs is 3. The van der Waals surface area contributed by atoms with E-state index in [0.29, 0.717) is 23.0 Å². The number of nitrogens with zero attached hydrogens (tertiary/aromatic N) is 4. The monoisotopic (exact) mass is 319 g/mol. The number of para-hydroxylation sites is 2. The van der Waals surface area contributed by atoms with Crippen molar-refractivity contribution < 1.29 is 9.53 Å². The molecule has 118 valence electrons. The average Bonchev–Trinajstić information content (AvgIpc) is 2.99. The minimum atomic E-state index is -0.293. The van der Waals surface area contributed by atoms with Gasteiger partial charge < -0.3 is 10.1 Å². The molecule has 0 spiro atoms. The minimum absolute atomic E-state index is 0.293. The molecule has 0 fully saturated rings. The SMILES string of the molecule is COc1ccc(C(=O)Nc2ccn3c(n2)nc2ccccc23)cn1. The number of amides is 1. The van der Waals surface area contributed by atoms with Crippen molar-refractivity contribution in [1.29, 1.82) is 0 Å². The highest BCUT2D eigenvalue weighted by Gasteiger charge is 2.10. The summed E-state index contributed by atoms with van der Waals surface area (Å²) in [5.74, 6) is 1.12. The molecule has 24 heavy (non-hydrogen) atoms. The zero-order valence-electron chi connectivity index (χ0n) is 12.8. The van der Waals surface area contributed by atoms with E-state index in [1.165, 1.54) is 13.3 Å². The fourth-order valence-electron chi connectivity index (χ4n) is 2.44. The fourth-order valence-corrected chi connectivity index (χ4v) is 2.44. The Labute approximate surface area is 137 Å². The summed E-state index contributed by atoms with van der Waals surface area (Å²) in [6, 6.07) is 12.8. The van der Waals surface area contributed by atoms with Gasteiger partial charge in [-0.1, -0.05) is 12.1 Å². The third kappa shape index (κ3) is 2.41. The van der Waals surface area contributed by atoms with Gasteiger partial charge >= 0.3 is 0 Å². The number of carbonyl (C=O) groups excluding carboxylic acids is 1. The van der Waals surface area contributed by atoms with E-state index in [9.17, 15) is 4.79 Å². The number of rotatable bonds is 3. The summed E-state index contributed by atoms with van der Waals surface area (Å²) < 4.78 is 6.85. The Kier molecular flexibility index (Phi) is 3.31. The van der Waals surface area contributed by atoms with Crippen LogP contribution < -0.4 is 10.1 Å². The van der Waals surface area contributed by atoms with Gasteiger partial charge in [0.15, 0.2) is 0 Å². The topological polar surface area (TPSA) is 81.4 Å². The molecule has 7 nitrogen and oxygen atoms in total.